The maximum absolute atomic E-state index is 15.4. The fourth-order valence-corrected chi connectivity index (χ4v) is 11.5. The monoisotopic (exact) mass is 1220 g/mol. The SMILES string of the molecule is NCCCC[C@H](NC(=O)[C@H](CCC(N)=O)NC(=O)[C@H]1CCCN1)C(=O)N[C@H](Cc1c[nH]c2ccccc12)C(=O)N[C@@H](Cc1ccccc1)C(=O)N[C@H](Cc1c[nH]c2ccccc12)C(=O)N[C@H](Cc1c[nH]c2ccccc12)C(=O)N[C@@H](Cc1ccccc1)C(N)=O. The van der Waals surface area contributed by atoms with Crippen LogP contribution in [0, 0.1) is 0 Å². The van der Waals surface area contributed by atoms with Gasteiger partial charge in [0.1, 0.15) is 42.3 Å². The Morgan fingerprint density at radius 1 is 0.422 bits per heavy atom. The standard InChI is InChI=1S/C67H78N14O9/c68-30-14-13-26-52(75-63(86)53(28-29-59(69)82)76-61(84)51-27-15-31-71-51)62(85)79-57(35-43-38-73-49-24-11-8-21-46(43)49)66(89)78-55(33-41-18-5-2-6-19-41)64(87)80-58(36-44-39-74-50-25-12-9-22-47(44)50)67(90)81-56(34-42-37-72-48-23-10-7-20-45(42)48)65(88)77-54(60(70)83)32-40-16-3-1-4-17-40/h1-12,16-25,37-39,51-58,71-74H,13-15,26-36,68H2,(H2,69,82)(H2,70,83)(H,75,86)(H,76,84)(H,77,88)(H,78,89)(H,79,85)(H,80,87)(H,81,90)/t51-,52+,53+,54+,55+,56-,57-,58-/m1/s1. The third-order valence-corrected chi connectivity index (χ3v) is 16.3. The first-order valence-corrected chi connectivity index (χ1v) is 30.5. The second-order valence-electron chi connectivity index (χ2n) is 22.8. The second kappa shape index (κ2) is 31.2. The smallest absolute Gasteiger partial charge is 0.243 e. The number of nitrogens with two attached hydrogens (primary N) is 3. The van der Waals surface area contributed by atoms with Crippen LogP contribution < -0.4 is 59.7 Å². The van der Waals surface area contributed by atoms with E-state index in [2.05, 4.69) is 57.5 Å². The van der Waals surface area contributed by atoms with Crippen molar-refractivity contribution < 1.29 is 43.2 Å². The number of para-hydroxylation sites is 3. The van der Waals surface area contributed by atoms with E-state index in [4.69, 9.17) is 17.2 Å². The van der Waals surface area contributed by atoms with Crippen molar-refractivity contribution in [1.29, 1.82) is 0 Å². The molecule has 1 aliphatic heterocycles. The van der Waals surface area contributed by atoms with Gasteiger partial charge in [0.2, 0.25) is 53.2 Å². The molecular formula is C67H78N14O9. The van der Waals surface area contributed by atoms with E-state index in [1.54, 1.807) is 73.2 Å². The third-order valence-electron chi connectivity index (χ3n) is 16.3. The number of aromatic nitrogens is 3. The van der Waals surface area contributed by atoms with Crippen LogP contribution in [-0.2, 0) is 75.3 Å². The van der Waals surface area contributed by atoms with Crippen molar-refractivity contribution in [3.8, 4) is 0 Å². The average molecular weight is 1220 g/mol. The lowest BCUT2D eigenvalue weighted by atomic mass is 9.99. The average Bonchev–Trinajstić information content (AvgIpc) is 1.92. The number of aromatic amines is 3. The predicted molar refractivity (Wildman–Crippen MR) is 341 cm³/mol. The van der Waals surface area contributed by atoms with Crippen LogP contribution in [0.5, 0.6) is 0 Å². The largest absolute Gasteiger partial charge is 0.370 e. The van der Waals surface area contributed by atoms with Crippen LogP contribution in [-0.4, -0.2) is 130 Å². The number of hydrogen-bond donors (Lipinski definition) is 14. The molecule has 5 aromatic carbocycles. The molecule has 0 saturated carbocycles. The second-order valence-corrected chi connectivity index (χ2v) is 22.8. The number of hydrogen-bond acceptors (Lipinski definition) is 11. The number of amides is 9. The van der Waals surface area contributed by atoms with Gasteiger partial charge in [0.05, 0.1) is 6.04 Å². The first-order chi connectivity index (χ1) is 43.6. The minimum absolute atomic E-state index is 0.0511. The minimum Gasteiger partial charge on any atom is -0.370 e. The van der Waals surface area contributed by atoms with E-state index in [1.165, 1.54) is 0 Å². The molecule has 1 fully saturated rings. The van der Waals surface area contributed by atoms with E-state index in [0.717, 1.165) is 44.7 Å². The molecule has 1 saturated heterocycles. The molecule has 0 unspecified atom stereocenters. The normalized spacial score (nSPS) is 15.3. The van der Waals surface area contributed by atoms with Crippen LogP contribution in [0.1, 0.15) is 72.8 Å². The van der Waals surface area contributed by atoms with Gasteiger partial charge in [-0.1, -0.05) is 115 Å². The summed E-state index contributed by atoms with van der Waals surface area (Å²) in [6, 6.07) is 30.4. The Balaban J connectivity index is 1.02. The van der Waals surface area contributed by atoms with Gasteiger partial charge < -0.3 is 74.7 Å². The topological polar surface area (TPSA) is 375 Å². The Morgan fingerprint density at radius 2 is 0.789 bits per heavy atom. The van der Waals surface area contributed by atoms with Gasteiger partial charge in [0, 0.05) is 89.8 Å². The van der Waals surface area contributed by atoms with E-state index >= 15 is 14.4 Å². The highest BCUT2D eigenvalue weighted by molar-refractivity contribution is 5.99. The van der Waals surface area contributed by atoms with Crippen LogP contribution in [0.3, 0.4) is 0 Å². The zero-order valence-electron chi connectivity index (χ0n) is 49.9. The highest BCUT2D eigenvalue weighted by Crippen LogP contribution is 2.24. The van der Waals surface area contributed by atoms with Crippen molar-refractivity contribution in [2.45, 2.75) is 125 Å². The molecule has 0 aliphatic carbocycles. The van der Waals surface area contributed by atoms with Crippen LogP contribution >= 0.6 is 0 Å². The molecule has 17 N–H and O–H groups in total. The number of fused-ring (bicyclic) bond motifs is 3. The highest BCUT2D eigenvalue weighted by atomic mass is 16.2. The van der Waals surface area contributed by atoms with Gasteiger partial charge in [-0.15, -0.1) is 0 Å². The van der Waals surface area contributed by atoms with Crippen molar-refractivity contribution >= 4 is 85.9 Å². The Bertz CT molecular complexity index is 3800. The summed E-state index contributed by atoms with van der Waals surface area (Å²) in [5.74, 6) is -6.50. The van der Waals surface area contributed by atoms with Gasteiger partial charge in [0.15, 0.2) is 0 Å². The Labute approximate surface area is 520 Å². The molecule has 8 atom stereocenters. The molecule has 0 radical (unpaired) electrons. The summed E-state index contributed by atoms with van der Waals surface area (Å²) in [5.41, 5.74) is 22.9. The number of benzene rings is 5. The number of carbonyl (C=O) groups excluding carboxylic acids is 9. The highest BCUT2D eigenvalue weighted by Gasteiger charge is 2.36. The number of H-pyrrole nitrogens is 3. The fraction of sp³-hybridized carbons (Fsp3) is 0.328. The lowest BCUT2D eigenvalue weighted by Crippen LogP contribution is -2.61. The molecule has 470 valence electrons. The Kier molecular flexibility index (Phi) is 22.3. The van der Waals surface area contributed by atoms with Crippen molar-refractivity contribution in [2.75, 3.05) is 13.1 Å². The molecule has 0 spiro atoms. The van der Waals surface area contributed by atoms with Crippen LogP contribution in [0.15, 0.2) is 152 Å². The molecule has 9 rings (SSSR count). The predicted octanol–water partition coefficient (Wildman–Crippen LogP) is 2.67. The third kappa shape index (κ3) is 17.3. The summed E-state index contributed by atoms with van der Waals surface area (Å²) in [6.07, 6.45) is 6.73. The van der Waals surface area contributed by atoms with E-state index in [0.29, 0.717) is 48.1 Å². The summed E-state index contributed by atoms with van der Waals surface area (Å²) in [5, 5.41) is 25.4. The van der Waals surface area contributed by atoms with Gasteiger partial charge in [-0.2, -0.15) is 0 Å². The first kappa shape index (κ1) is 64.3. The summed E-state index contributed by atoms with van der Waals surface area (Å²) in [7, 11) is 0. The van der Waals surface area contributed by atoms with Crippen LogP contribution in [0.4, 0.5) is 0 Å². The van der Waals surface area contributed by atoms with E-state index in [1.807, 2.05) is 78.9 Å². The van der Waals surface area contributed by atoms with E-state index < -0.39 is 101 Å². The lowest BCUT2D eigenvalue weighted by Gasteiger charge is -2.28. The zero-order valence-corrected chi connectivity index (χ0v) is 49.9. The van der Waals surface area contributed by atoms with Crippen LogP contribution in [0.25, 0.3) is 32.7 Å². The van der Waals surface area contributed by atoms with Gasteiger partial charge in [-0.05, 0) is 97.6 Å². The molecule has 3 aromatic heterocycles. The summed E-state index contributed by atoms with van der Waals surface area (Å²) < 4.78 is 0. The number of primary amides is 2. The van der Waals surface area contributed by atoms with Crippen molar-refractivity contribution in [3.63, 3.8) is 0 Å². The lowest BCUT2D eigenvalue weighted by molar-refractivity contribution is -0.135. The quantitative estimate of drug-likeness (QED) is 0.0272. The molecule has 90 heavy (non-hydrogen) atoms. The zero-order chi connectivity index (χ0) is 63.5. The van der Waals surface area contributed by atoms with Gasteiger partial charge in [-0.3, -0.25) is 43.2 Å². The van der Waals surface area contributed by atoms with Crippen molar-refractivity contribution in [2.24, 2.45) is 17.2 Å². The van der Waals surface area contributed by atoms with Crippen molar-refractivity contribution in [1.82, 2.24) is 57.5 Å². The van der Waals surface area contributed by atoms with E-state index in [9.17, 15) is 28.8 Å². The van der Waals surface area contributed by atoms with Crippen LogP contribution in [0.2, 0.25) is 0 Å². The Hall–Kier alpha value is -10.1. The minimum atomic E-state index is -1.41. The number of nitrogens with one attached hydrogen (secondary N) is 11. The van der Waals surface area contributed by atoms with Gasteiger partial charge >= 0.3 is 0 Å². The summed E-state index contributed by atoms with van der Waals surface area (Å²) in [6.45, 7) is 0.893. The summed E-state index contributed by atoms with van der Waals surface area (Å²) in [4.78, 5) is 138. The number of rotatable bonds is 32. The maximum Gasteiger partial charge on any atom is 0.243 e. The number of unbranched alkanes of at least 4 members (excludes halogenated alkanes) is 1. The number of carbonyl (C=O) groups is 9. The van der Waals surface area contributed by atoms with Gasteiger partial charge in [-0.25, -0.2) is 0 Å². The van der Waals surface area contributed by atoms with E-state index in [-0.39, 0.29) is 57.9 Å². The maximum atomic E-state index is 15.4. The fourth-order valence-electron chi connectivity index (χ4n) is 11.5. The molecular weight excluding hydrogens is 1140 g/mol. The molecule has 9 amide bonds. The molecule has 0 bridgehead atoms. The molecule has 8 aromatic rings. The first-order valence-electron chi connectivity index (χ1n) is 30.5. The Morgan fingerprint density at radius 3 is 1.19 bits per heavy atom. The van der Waals surface area contributed by atoms with Gasteiger partial charge in [0.25, 0.3) is 0 Å². The molecule has 1 aliphatic rings. The molecule has 4 heterocycles. The van der Waals surface area contributed by atoms with Crippen molar-refractivity contribution in [3.05, 3.63) is 180 Å². The summed E-state index contributed by atoms with van der Waals surface area (Å²) >= 11 is 0. The molecule has 23 nitrogen and oxygen atoms in total. The molecule has 23 heteroatoms.